The van der Waals surface area contributed by atoms with E-state index in [4.69, 9.17) is 34.8 Å². The van der Waals surface area contributed by atoms with Crippen LogP contribution < -0.4 is 0 Å². The smallest absolute Gasteiger partial charge is 0.0439 e. The summed E-state index contributed by atoms with van der Waals surface area (Å²) in [5, 5.41) is 1.62. The van der Waals surface area contributed by atoms with E-state index in [0.29, 0.717) is 21.9 Å². The molecule has 13 heavy (non-hydrogen) atoms. The predicted octanol–water partition coefficient (Wildman–Crippen LogP) is 4.33. The Morgan fingerprint density at radius 2 is 1.54 bits per heavy atom. The van der Waals surface area contributed by atoms with E-state index in [1.807, 2.05) is 12.1 Å². The standard InChI is InChI=1S/C10H9Cl3/c1-5-9(10(5)13)6-2-7(11)4-8(12)3-6/h2-5,9-10H,1H3. The molecule has 70 valence electrons. The summed E-state index contributed by atoms with van der Waals surface area (Å²) >= 11 is 17.8. The molecule has 1 saturated carbocycles. The molecule has 3 unspecified atom stereocenters. The Bertz CT molecular complexity index is 307. The highest BCUT2D eigenvalue weighted by atomic mass is 35.5. The van der Waals surface area contributed by atoms with Crippen molar-refractivity contribution < 1.29 is 0 Å². The van der Waals surface area contributed by atoms with Gasteiger partial charge in [0.2, 0.25) is 0 Å². The summed E-state index contributed by atoms with van der Waals surface area (Å²) in [6.45, 7) is 2.14. The van der Waals surface area contributed by atoms with Crippen molar-refractivity contribution in [3.8, 4) is 0 Å². The van der Waals surface area contributed by atoms with Crippen molar-refractivity contribution in [2.24, 2.45) is 5.92 Å². The van der Waals surface area contributed by atoms with Crippen LogP contribution in [0, 0.1) is 5.92 Å². The summed E-state index contributed by atoms with van der Waals surface area (Å²) in [6, 6.07) is 5.62. The third-order valence-corrected chi connectivity index (χ3v) is 3.65. The van der Waals surface area contributed by atoms with E-state index in [2.05, 4.69) is 6.92 Å². The minimum absolute atomic E-state index is 0.245. The lowest BCUT2D eigenvalue weighted by Gasteiger charge is -2.00. The Hall–Kier alpha value is 0.0900. The molecule has 2 rings (SSSR count). The average molecular weight is 236 g/mol. The molecule has 1 fully saturated rings. The molecule has 3 atom stereocenters. The third kappa shape index (κ3) is 1.81. The number of benzene rings is 1. The maximum absolute atomic E-state index is 6.06. The molecule has 0 bridgehead atoms. The largest absolute Gasteiger partial charge is 0.122 e. The van der Waals surface area contributed by atoms with Crippen molar-refractivity contribution in [2.75, 3.05) is 0 Å². The number of alkyl halides is 1. The van der Waals surface area contributed by atoms with Crippen molar-refractivity contribution in [3.05, 3.63) is 33.8 Å². The SMILES string of the molecule is CC1C(Cl)C1c1cc(Cl)cc(Cl)c1. The molecule has 0 N–H and O–H groups in total. The number of rotatable bonds is 1. The van der Waals surface area contributed by atoms with Crippen LogP contribution in [0.4, 0.5) is 0 Å². The lowest BCUT2D eigenvalue weighted by molar-refractivity contribution is 0.915. The maximum Gasteiger partial charge on any atom is 0.0439 e. The number of hydrogen-bond acceptors (Lipinski definition) is 0. The van der Waals surface area contributed by atoms with Gasteiger partial charge in [0.15, 0.2) is 0 Å². The molecule has 1 aliphatic carbocycles. The molecule has 0 aromatic heterocycles. The third-order valence-electron chi connectivity index (χ3n) is 2.54. The van der Waals surface area contributed by atoms with Gasteiger partial charge in [0.25, 0.3) is 0 Å². The molecular weight excluding hydrogens is 226 g/mol. The molecule has 0 heterocycles. The van der Waals surface area contributed by atoms with E-state index >= 15 is 0 Å². The minimum Gasteiger partial charge on any atom is -0.122 e. The van der Waals surface area contributed by atoms with Gasteiger partial charge >= 0.3 is 0 Å². The van der Waals surface area contributed by atoms with Gasteiger partial charge in [-0.15, -0.1) is 11.6 Å². The van der Waals surface area contributed by atoms with Crippen molar-refractivity contribution in [1.82, 2.24) is 0 Å². The zero-order valence-electron chi connectivity index (χ0n) is 7.10. The summed E-state index contributed by atoms with van der Waals surface area (Å²) in [5.41, 5.74) is 1.16. The highest BCUT2D eigenvalue weighted by molar-refractivity contribution is 6.34. The Balaban J connectivity index is 2.31. The van der Waals surface area contributed by atoms with Gasteiger partial charge in [0, 0.05) is 21.3 Å². The van der Waals surface area contributed by atoms with E-state index < -0.39 is 0 Å². The quantitative estimate of drug-likeness (QED) is 0.636. The van der Waals surface area contributed by atoms with Crippen molar-refractivity contribution in [1.29, 1.82) is 0 Å². The molecular formula is C10H9Cl3. The fourth-order valence-electron chi connectivity index (χ4n) is 1.67. The first-order chi connectivity index (χ1) is 6.09. The predicted molar refractivity (Wildman–Crippen MR) is 58.0 cm³/mol. The monoisotopic (exact) mass is 234 g/mol. The summed E-state index contributed by atoms with van der Waals surface area (Å²) in [5.74, 6) is 0.967. The number of hydrogen-bond donors (Lipinski definition) is 0. The molecule has 1 aliphatic rings. The summed E-state index contributed by atoms with van der Waals surface area (Å²) in [7, 11) is 0. The van der Waals surface area contributed by atoms with Crippen molar-refractivity contribution in [2.45, 2.75) is 18.2 Å². The van der Waals surface area contributed by atoms with Gasteiger partial charge in [0.1, 0.15) is 0 Å². The van der Waals surface area contributed by atoms with Gasteiger partial charge in [0.05, 0.1) is 0 Å². The van der Waals surface area contributed by atoms with Gasteiger partial charge in [-0.05, 0) is 29.7 Å². The van der Waals surface area contributed by atoms with Crippen LogP contribution in [0.25, 0.3) is 0 Å². The molecule has 0 aliphatic heterocycles. The first-order valence-corrected chi connectivity index (χ1v) is 5.39. The van der Waals surface area contributed by atoms with E-state index in [0.717, 1.165) is 5.56 Å². The maximum atomic E-state index is 6.06. The summed E-state index contributed by atoms with van der Waals surface area (Å²) in [4.78, 5) is 0. The topological polar surface area (TPSA) is 0 Å². The second kappa shape index (κ2) is 3.34. The van der Waals surface area contributed by atoms with Crippen LogP contribution in [0.15, 0.2) is 18.2 Å². The first-order valence-electron chi connectivity index (χ1n) is 4.19. The van der Waals surface area contributed by atoms with Crippen LogP contribution in [0.3, 0.4) is 0 Å². The van der Waals surface area contributed by atoms with Gasteiger partial charge in [-0.2, -0.15) is 0 Å². The summed E-state index contributed by atoms with van der Waals surface area (Å²) < 4.78 is 0. The van der Waals surface area contributed by atoms with Crippen LogP contribution in [0.5, 0.6) is 0 Å². The summed E-state index contributed by atoms with van der Waals surface area (Å²) in [6.07, 6.45) is 0. The molecule has 1 aromatic rings. The van der Waals surface area contributed by atoms with E-state index in [9.17, 15) is 0 Å². The second-order valence-corrected chi connectivity index (χ2v) is 4.91. The lowest BCUT2D eigenvalue weighted by atomic mass is 10.1. The lowest BCUT2D eigenvalue weighted by Crippen LogP contribution is -1.82. The Labute approximate surface area is 92.8 Å². The second-order valence-electron chi connectivity index (χ2n) is 3.53. The van der Waals surface area contributed by atoms with E-state index in [1.54, 1.807) is 6.07 Å². The van der Waals surface area contributed by atoms with Gasteiger partial charge in [-0.25, -0.2) is 0 Å². The van der Waals surface area contributed by atoms with Crippen LogP contribution >= 0.6 is 34.8 Å². The fourth-order valence-corrected chi connectivity index (χ4v) is 2.66. The molecule has 1 aromatic carbocycles. The zero-order chi connectivity index (χ0) is 9.59. The molecule has 0 saturated heterocycles. The number of halogens is 3. The van der Waals surface area contributed by atoms with Crippen LogP contribution in [-0.4, -0.2) is 5.38 Å². The highest BCUT2D eigenvalue weighted by Gasteiger charge is 2.46. The molecule has 0 radical (unpaired) electrons. The van der Waals surface area contributed by atoms with Crippen LogP contribution in [0.1, 0.15) is 18.4 Å². The molecule has 0 amide bonds. The molecule has 3 heteroatoms. The van der Waals surface area contributed by atoms with E-state index in [1.165, 1.54) is 0 Å². The highest BCUT2D eigenvalue weighted by Crippen LogP contribution is 2.52. The first kappa shape index (κ1) is 9.64. The Morgan fingerprint density at radius 3 is 1.92 bits per heavy atom. The van der Waals surface area contributed by atoms with Gasteiger partial charge in [-0.1, -0.05) is 30.1 Å². The van der Waals surface area contributed by atoms with Crippen molar-refractivity contribution in [3.63, 3.8) is 0 Å². The normalized spacial score (nSPS) is 31.8. The van der Waals surface area contributed by atoms with Crippen molar-refractivity contribution >= 4 is 34.8 Å². The minimum atomic E-state index is 0.245. The zero-order valence-corrected chi connectivity index (χ0v) is 9.37. The Kier molecular flexibility index (Phi) is 2.48. The Morgan fingerprint density at radius 1 is 1.08 bits per heavy atom. The molecule has 0 spiro atoms. The molecule has 0 nitrogen and oxygen atoms in total. The van der Waals surface area contributed by atoms with Crippen LogP contribution in [0.2, 0.25) is 10.0 Å². The van der Waals surface area contributed by atoms with Crippen LogP contribution in [-0.2, 0) is 0 Å². The van der Waals surface area contributed by atoms with Gasteiger partial charge < -0.3 is 0 Å². The van der Waals surface area contributed by atoms with Gasteiger partial charge in [-0.3, -0.25) is 0 Å². The van der Waals surface area contributed by atoms with E-state index in [-0.39, 0.29) is 5.38 Å². The fraction of sp³-hybridized carbons (Fsp3) is 0.400. The average Bonchev–Trinajstić information content (AvgIpc) is 2.57.